The molecular formula is C25H22N2O5S. The number of aromatic nitrogens is 1. The second kappa shape index (κ2) is 9.70. The van der Waals surface area contributed by atoms with Crippen LogP contribution in [0.5, 0.6) is 11.5 Å². The number of hydrogen-bond acceptors (Lipinski definition) is 6. The van der Waals surface area contributed by atoms with Crippen LogP contribution in [-0.2, 0) is 16.1 Å². The van der Waals surface area contributed by atoms with Gasteiger partial charge in [0.25, 0.3) is 5.91 Å². The molecule has 0 spiro atoms. The first-order chi connectivity index (χ1) is 16.0. The minimum atomic E-state index is -0.453. The molecule has 1 aromatic heterocycles. The van der Waals surface area contributed by atoms with Gasteiger partial charge in [0.1, 0.15) is 6.54 Å². The van der Waals surface area contributed by atoms with Crippen LogP contribution in [0.15, 0.2) is 71.7 Å². The first kappa shape index (κ1) is 22.3. The maximum absolute atomic E-state index is 13.0. The minimum absolute atomic E-state index is 0.0922. The maximum Gasteiger partial charge on any atom is 0.325 e. The SMILES string of the molecule is COC(=O)Cn1c(=NC(=O)c2ccc(-c3ccccc3)cc2)sc2cc(OC)c(OC)cc21. The smallest absolute Gasteiger partial charge is 0.325 e. The summed E-state index contributed by atoms with van der Waals surface area (Å²) in [5.41, 5.74) is 3.21. The number of carbonyl (C=O) groups is 2. The van der Waals surface area contributed by atoms with Crippen molar-refractivity contribution in [2.45, 2.75) is 6.54 Å². The number of fused-ring (bicyclic) bond motifs is 1. The molecule has 0 bridgehead atoms. The van der Waals surface area contributed by atoms with Gasteiger partial charge >= 0.3 is 5.97 Å². The first-order valence-corrected chi connectivity index (χ1v) is 10.9. The second-order valence-electron chi connectivity index (χ2n) is 7.08. The van der Waals surface area contributed by atoms with E-state index in [1.165, 1.54) is 25.6 Å². The van der Waals surface area contributed by atoms with Crippen molar-refractivity contribution in [2.75, 3.05) is 21.3 Å². The summed E-state index contributed by atoms with van der Waals surface area (Å²) < 4.78 is 18.0. The molecule has 3 aromatic carbocycles. The van der Waals surface area contributed by atoms with Crippen LogP contribution in [0, 0.1) is 0 Å². The van der Waals surface area contributed by atoms with Gasteiger partial charge in [0.15, 0.2) is 16.3 Å². The number of ether oxygens (including phenoxy) is 3. The highest BCUT2D eigenvalue weighted by molar-refractivity contribution is 7.16. The molecule has 33 heavy (non-hydrogen) atoms. The van der Waals surface area contributed by atoms with Gasteiger partial charge in [-0.05, 0) is 23.3 Å². The Morgan fingerprint density at radius 2 is 1.52 bits per heavy atom. The number of thiazole rings is 1. The summed E-state index contributed by atoms with van der Waals surface area (Å²) in [6.07, 6.45) is 0. The van der Waals surface area contributed by atoms with E-state index >= 15 is 0 Å². The summed E-state index contributed by atoms with van der Waals surface area (Å²) >= 11 is 1.28. The molecule has 0 atom stereocenters. The van der Waals surface area contributed by atoms with E-state index in [1.807, 2.05) is 42.5 Å². The third-order valence-electron chi connectivity index (χ3n) is 5.14. The van der Waals surface area contributed by atoms with Crippen LogP contribution in [0.3, 0.4) is 0 Å². The van der Waals surface area contributed by atoms with Crippen LogP contribution in [-0.4, -0.2) is 37.8 Å². The van der Waals surface area contributed by atoms with Gasteiger partial charge in [-0.25, -0.2) is 0 Å². The van der Waals surface area contributed by atoms with Gasteiger partial charge in [-0.15, -0.1) is 0 Å². The second-order valence-corrected chi connectivity index (χ2v) is 8.09. The van der Waals surface area contributed by atoms with Crippen LogP contribution in [0.4, 0.5) is 0 Å². The van der Waals surface area contributed by atoms with Crippen LogP contribution in [0.2, 0.25) is 0 Å². The van der Waals surface area contributed by atoms with Gasteiger partial charge in [-0.3, -0.25) is 9.59 Å². The molecule has 0 unspecified atom stereocenters. The fraction of sp³-hybridized carbons (Fsp3) is 0.160. The van der Waals surface area contributed by atoms with Crippen LogP contribution in [0.1, 0.15) is 10.4 Å². The Morgan fingerprint density at radius 1 is 0.879 bits per heavy atom. The van der Waals surface area contributed by atoms with Crippen LogP contribution < -0.4 is 14.3 Å². The van der Waals surface area contributed by atoms with Gasteiger partial charge < -0.3 is 18.8 Å². The van der Waals surface area contributed by atoms with Crippen molar-refractivity contribution < 1.29 is 23.8 Å². The minimum Gasteiger partial charge on any atom is -0.493 e. The highest BCUT2D eigenvalue weighted by Gasteiger charge is 2.16. The van der Waals surface area contributed by atoms with Crippen molar-refractivity contribution in [3.05, 3.63) is 77.1 Å². The molecule has 0 fully saturated rings. The Bertz CT molecular complexity index is 1370. The van der Waals surface area contributed by atoms with Gasteiger partial charge in [0, 0.05) is 17.7 Å². The largest absolute Gasteiger partial charge is 0.493 e. The number of rotatable bonds is 6. The van der Waals surface area contributed by atoms with Gasteiger partial charge in [0.05, 0.1) is 31.5 Å². The molecule has 0 radical (unpaired) electrons. The van der Waals surface area contributed by atoms with Crippen molar-refractivity contribution >= 4 is 33.4 Å². The molecule has 0 aliphatic carbocycles. The van der Waals surface area contributed by atoms with Gasteiger partial charge in [0.2, 0.25) is 0 Å². The Balaban J connectivity index is 1.77. The zero-order valence-corrected chi connectivity index (χ0v) is 19.2. The average molecular weight is 463 g/mol. The molecule has 1 amide bonds. The zero-order valence-electron chi connectivity index (χ0n) is 18.4. The fourth-order valence-corrected chi connectivity index (χ4v) is 4.45. The topological polar surface area (TPSA) is 79.1 Å². The molecule has 8 heteroatoms. The Labute approximate surface area is 194 Å². The van der Waals surface area contributed by atoms with Gasteiger partial charge in [-0.2, -0.15) is 4.99 Å². The highest BCUT2D eigenvalue weighted by atomic mass is 32.1. The third-order valence-corrected chi connectivity index (χ3v) is 6.18. The Morgan fingerprint density at radius 3 is 2.15 bits per heavy atom. The van der Waals surface area contributed by atoms with E-state index in [0.29, 0.717) is 27.4 Å². The zero-order chi connectivity index (χ0) is 23.4. The standard InChI is InChI=1S/C25H22N2O5S/c1-30-20-13-19-22(14-21(20)31-2)33-25(27(19)15-23(28)32-3)26-24(29)18-11-9-17(10-12-18)16-7-5-4-6-8-16/h4-14H,15H2,1-3H3. The molecule has 0 aliphatic rings. The Hall–Kier alpha value is -3.91. The average Bonchev–Trinajstić information content (AvgIpc) is 3.18. The lowest BCUT2D eigenvalue weighted by Crippen LogP contribution is -2.22. The summed E-state index contributed by atoms with van der Waals surface area (Å²) in [7, 11) is 4.40. The number of amides is 1. The molecule has 0 saturated carbocycles. The molecule has 1 heterocycles. The third kappa shape index (κ3) is 4.65. The van der Waals surface area contributed by atoms with Crippen molar-refractivity contribution in [2.24, 2.45) is 4.99 Å². The van der Waals surface area contributed by atoms with E-state index in [1.54, 1.807) is 35.9 Å². The lowest BCUT2D eigenvalue weighted by Gasteiger charge is -2.09. The predicted octanol–water partition coefficient (Wildman–Crippen LogP) is 4.30. The summed E-state index contributed by atoms with van der Waals surface area (Å²) in [6, 6.07) is 20.7. The number of benzene rings is 3. The summed E-state index contributed by atoms with van der Waals surface area (Å²) in [5.74, 6) is 0.200. The van der Waals surface area contributed by atoms with E-state index in [2.05, 4.69) is 4.99 Å². The lowest BCUT2D eigenvalue weighted by molar-refractivity contribution is -0.141. The number of nitrogens with zero attached hydrogens (tertiary/aromatic N) is 2. The molecule has 4 rings (SSSR count). The molecule has 7 nitrogen and oxygen atoms in total. The molecular weight excluding hydrogens is 440 g/mol. The van der Waals surface area contributed by atoms with Crippen LogP contribution >= 0.6 is 11.3 Å². The molecule has 0 N–H and O–H groups in total. The first-order valence-electron chi connectivity index (χ1n) is 10.1. The normalized spacial score (nSPS) is 11.4. The predicted molar refractivity (Wildman–Crippen MR) is 127 cm³/mol. The molecule has 168 valence electrons. The summed E-state index contributed by atoms with van der Waals surface area (Å²) in [6.45, 7) is -0.0922. The number of esters is 1. The number of hydrogen-bond donors (Lipinski definition) is 0. The summed E-state index contributed by atoms with van der Waals surface area (Å²) in [5, 5.41) is 0. The van der Waals surface area contributed by atoms with E-state index < -0.39 is 11.9 Å². The summed E-state index contributed by atoms with van der Waals surface area (Å²) in [4.78, 5) is 29.7. The fourth-order valence-electron chi connectivity index (χ4n) is 3.42. The monoisotopic (exact) mass is 462 g/mol. The number of carbonyl (C=O) groups excluding carboxylic acids is 2. The van der Waals surface area contributed by atoms with Crippen molar-refractivity contribution in [1.29, 1.82) is 0 Å². The highest BCUT2D eigenvalue weighted by Crippen LogP contribution is 2.33. The van der Waals surface area contributed by atoms with E-state index in [0.717, 1.165) is 15.8 Å². The molecule has 0 aliphatic heterocycles. The quantitative estimate of drug-likeness (QED) is 0.399. The van der Waals surface area contributed by atoms with Gasteiger partial charge in [-0.1, -0.05) is 53.8 Å². The number of methoxy groups -OCH3 is 3. The van der Waals surface area contributed by atoms with Crippen molar-refractivity contribution in [3.63, 3.8) is 0 Å². The Kier molecular flexibility index (Phi) is 6.55. The van der Waals surface area contributed by atoms with Crippen molar-refractivity contribution in [3.8, 4) is 22.6 Å². The van der Waals surface area contributed by atoms with E-state index in [-0.39, 0.29) is 6.54 Å². The van der Waals surface area contributed by atoms with E-state index in [9.17, 15) is 9.59 Å². The molecule has 4 aromatic rings. The van der Waals surface area contributed by atoms with E-state index in [4.69, 9.17) is 14.2 Å². The van der Waals surface area contributed by atoms with Crippen molar-refractivity contribution in [1.82, 2.24) is 4.57 Å². The maximum atomic E-state index is 13.0. The molecule has 0 saturated heterocycles. The lowest BCUT2D eigenvalue weighted by atomic mass is 10.0. The van der Waals surface area contributed by atoms with Crippen LogP contribution in [0.25, 0.3) is 21.3 Å².